The van der Waals surface area contributed by atoms with Crippen molar-refractivity contribution in [1.29, 1.82) is 0 Å². The van der Waals surface area contributed by atoms with Crippen molar-refractivity contribution in [3.05, 3.63) is 72.2 Å². The molecule has 7 nitrogen and oxygen atoms in total. The maximum Gasteiger partial charge on any atom is 0.154 e. The zero-order valence-corrected chi connectivity index (χ0v) is 17.1. The number of nitrogens with two attached hydrogens (primary N) is 1. The number of pyridine rings is 2. The molecule has 5 rings (SSSR count). The molecule has 0 saturated heterocycles. The fraction of sp³-hybridized carbons (Fsp3) is 0.292. The minimum absolute atomic E-state index is 0.116. The van der Waals surface area contributed by atoms with Crippen LogP contribution in [0.3, 0.4) is 0 Å². The van der Waals surface area contributed by atoms with E-state index in [1.165, 1.54) is 0 Å². The van der Waals surface area contributed by atoms with Crippen molar-refractivity contribution in [1.82, 2.24) is 19.7 Å². The van der Waals surface area contributed by atoms with Gasteiger partial charge in [0.05, 0.1) is 35.4 Å². The molecular formula is C24H25N5O2. The molecule has 1 aliphatic carbocycles. The van der Waals surface area contributed by atoms with Gasteiger partial charge in [-0.3, -0.25) is 4.98 Å². The van der Waals surface area contributed by atoms with Crippen LogP contribution in [0.15, 0.2) is 60.8 Å². The van der Waals surface area contributed by atoms with Crippen LogP contribution in [-0.2, 0) is 6.61 Å². The molecule has 158 valence electrons. The molecule has 1 unspecified atom stereocenters. The van der Waals surface area contributed by atoms with Crippen molar-refractivity contribution in [3.8, 4) is 17.1 Å². The molecule has 1 saturated carbocycles. The first-order valence-corrected chi connectivity index (χ1v) is 10.5. The van der Waals surface area contributed by atoms with Gasteiger partial charge in [0, 0.05) is 23.6 Å². The lowest BCUT2D eigenvalue weighted by Gasteiger charge is -2.37. The second-order valence-electron chi connectivity index (χ2n) is 8.23. The number of rotatable bonds is 6. The van der Waals surface area contributed by atoms with Crippen molar-refractivity contribution in [2.75, 3.05) is 6.61 Å². The molecule has 0 spiro atoms. The van der Waals surface area contributed by atoms with Gasteiger partial charge in [-0.05, 0) is 55.0 Å². The molecule has 3 heterocycles. The highest BCUT2D eigenvalue weighted by Crippen LogP contribution is 2.40. The summed E-state index contributed by atoms with van der Waals surface area (Å²) in [7, 11) is 0. The third-order valence-electron chi connectivity index (χ3n) is 6.19. The van der Waals surface area contributed by atoms with Gasteiger partial charge in [-0.15, -0.1) is 0 Å². The minimum Gasteiger partial charge on any atom is -0.396 e. The number of aromatic nitrogens is 4. The average Bonchev–Trinajstić information content (AvgIpc) is 3.22. The van der Waals surface area contributed by atoms with E-state index in [1.807, 2.05) is 42.5 Å². The van der Waals surface area contributed by atoms with Crippen molar-refractivity contribution in [3.63, 3.8) is 0 Å². The highest BCUT2D eigenvalue weighted by atomic mass is 16.3. The Morgan fingerprint density at radius 3 is 2.68 bits per heavy atom. The quantitative estimate of drug-likeness (QED) is 0.447. The average molecular weight is 415 g/mol. The second kappa shape index (κ2) is 8.19. The van der Waals surface area contributed by atoms with E-state index in [2.05, 4.69) is 16.1 Å². The molecule has 3 aromatic heterocycles. The third-order valence-corrected chi connectivity index (χ3v) is 6.19. The SMILES string of the molecule is NC(c1cccc(-c2ccc3cnn(-c4cccc(CO)n4)c3c2)n1)[C@H]1C[C@H](CO)C1. The number of fused-ring (bicyclic) bond motifs is 1. The van der Waals surface area contributed by atoms with Crippen LogP contribution < -0.4 is 5.73 Å². The maximum absolute atomic E-state index is 9.40. The van der Waals surface area contributed by atoms with Gasteiger partial charge in [-0.25, -0.2) is 9.67 Å². The monoisotopic (exact) mass is 415 g/mol. The molecular weight excluding hydrogens is 390 g/mol. The molecule has 0 bridgehead atoms. The molecule has 1 aromatic carbocycles. The Balaban J connectivity index is 1.48. The Kier molecular flexibility index (Phi) is 5.23. The van der Waals surface area contributed by atoms with Crippen LogP contribution in [0.2, 0.25) is 0 Å². The molecule has 1 fully saturated rings. The van der Waals surface area contributed by atoms with E-state index in [1.54, 1.807) is 16.9 Å². The molecule has 7 heteroatoms. The van der Waals surface area contributed by atoms with Gasteiger partial charge in [0.15, 0.2) is 5.82 Å². The van der Waals surface area contributed by atoms with Gasteiger partial charge in [0.2, 0.25) is 0 Å². The lowest BCUT2D eigenvalue weighted by Crippen LogP contribution is -2.35. The zero-order valence-electron chi connectivity index (χ0n) is 17.1. The van der Waals surface area contributed by atoms with Crippen molar-refractivity contribution >= 4 is 10.9 Å². The summed E-state index contributed by atoms with van der Waals surface area (Å²) in [6.45, 7) is 0.121. The maximum atomic E-state index is 9.40. The summed E-state index contributed by atoms with van der Waals surface area (Å²) in [5.74, 6) is 1.40. The van der Waals surface area contributed by atoms with E-state index in [0.717, 1.165) is 40.7 Å². The number of hydrogen-bond donors (Lipinski definition) is 3. The van der Waals surface area contributed by atoms with Crippen LogP contribution in [0.25, 0.3) is 28.0 Å². The van der Waals surface area contributed by atoms with E-state index >= 15 is 0 Å². The molecule has 31 heavy (non-hydrogen) atoms. The van der Waals surface area contributed by atoms with Crippen LogP contribution in [0.5, 0.6) is 0 Å². The topological polar surface area (TPSA) is 110 Å². The lowest BCUT2D eigenvalue weighted by atomic mass is 9.71. The van der Waals surface area contributed by atoms with E-state index in [-0.39, 0.29) is 19.3 Å². The summed E-state index contributed by atoms with van der Waals surface area (Å²) in [6.07, 6.45) is 3.71. The highest BCUT2D eigenvalue weighted by molar-refractivity contribution is 5.84. The molecule has 0 radical (unpaired) electrons. The summed E-state index contributed by atoms with van der Waals surface area (Å²) in [5, 5.41) is 24.2. The van der Waals surface area contributed by atoms with Crippen LogP contribution in [0.1, 0.15) is 30.3 Å². The van der Waals surface area contributed by atoms with Crippen molar-refractivity contribution in [2.24, 2.45) is 17.6 Å². The van der Waals surface area contributed by atoms with Gasteiger partial charge in [-0.1, -0.05) is 24.3 Å². The number of benzene rings is 1. The predicted octanol–water partition coefficient (Wildman–Crippen LogP) is 2.99. The Bertz CT molecular complexity index is 1220. The zero-order chi connectivity index (χ0) is 21.4. The smallest absolute Gasteiger partial charge is 0.154 e. The predicted molar refractivity (Wildman–Crippen MR) is 118 cm³/mol. The summed E-state index contributed by atoms with van der Waals surface area (Å²) >= 11 is 0. The van der Waals surface area contributed by atoms with Crippen molar-refractivity contribution in [2.45, 2.75) is 25.5 Å². The van der Waals surface area contributed by atoms with Gasteiger partial charge in [0.25, 0.3) is 0 Å². The standard InChI is InChI=1S/C24H25N5O2/c25-24(18-9-15(10-18)13-30)21-5-2-4-20(28-21)16-7-8-17-12-26-29(22(17)11-16)23-6-1-3-19(14-31)27-23/h1-8,11-12,15,18,24,30-31H,9-10,13-14,25H2/t15-,18-,24?. The number of nitrogens with zero attached hydrogens (tertiary/aromatic N) is 4. The molecule has 4 aromatic rings. The first-order chi connectivity index (χ1) is 15.2. The molecule has 4 N–H and O–H groups in total. The summed E-state index contributed by atoms with van der Waals surface area (Å²) in [4.78, 5) is 9.32. The van der Waals surface area contributed by atoms with E-state index in [4.69, 9.17) is 10.7 Å². The first kappa shape index (κ1) is 19.8. The van der Waals surface area contributed by atoms with Crippen LogP contribution in [0.4, 0.5) is 0 Å². The fourth-order valence-electron chi connectivity index (χ4n) is 4.30. The van der Waals surface area contributed by atoms with Gasteiger partial charge < -0.3 is 15.9 Å². The fourth-order valence-corrected chi connectivity index (χ4v) is 4.30. The van der Waals surface area contributed by atoms with Crippen molar-refractivity contribution < 1.29 is 10.2 Å². The minimum atomic E-state index is -0.123. The van der Waals surface area contributed by atoms with Crippen LogP contribution in [-0.4, -0.2) is 36.6 Å². The van der Waals surface area contributed by atoms with E-state index in [9.17, 15) is 10.2 Å². The van der Waals surface area contributed by atoms with Crippen LogP contribution in [0, 0.1) is 11.8 Å². The van der Waals surface area contributed by atoms with Gasteiger partial charge in [-0.2, -0.15) is 5.10 Å². The summed E-state index contributed by atoms with van der Waals surface area (Å²) < 4.78 is 1.77. The summed E-state index contributed by atoms with van der Waals surface area (Å²) in [5.41, 5.74) is 10.7. The molecule has 0 amide bonds. The first-order valence-electron chi connectivity index (χ1n) is 10.5. The molecule has 0 aliphatic heterocycles. The Labute approximate surface area is 180 Å². The largest absolute Gasteiger partial charge is 0.396 e. The second-order valence-corrected chi connectivity index (χ2v) is 8.23. The number of aliphatic hydroxyl groups excluding tert-OH is 2. The van der Waals surface area contributed by atoms with E-state index in [0.29, 0.717) is 23.3 Å². The normalized spacial score (nSPS) is 19.3. The molecule has 1 aliphatic rings. The number of hydrogen-bond acceptors (Lipinski definition) is 6. The Hall–Kier alpha value is -3.13. The van der Waals surface area contributed by atoms with Gasteiger partial charge in [0.1, 0.15) is 0 Å². The highest BCUT2D eigenvalue weighted by Gasteiger charge is 2.34. The van der Waals surface area contributed by atoms with E-state index < -0.39 is 0 Å². The van der Waals surface area contributed by atoms with Gasteiger partial charge >= 0.3 is 0 Å². The summed E-state index contributed by atoms with van der Waals surface area (Å²) in [6, 6.07) is 17.5. The Morgan fingerprint density at radius 1 is 1.03 bits per heavy atom. The third kappa shape index (κ3) is 3.72. The van der Waals surface area contributed by atoms with Crippen LogP contribution >= 0.6 is 0 Å². The Morgan fingerprint density at radius 2 is 1.87 bits per heavy atom. The number of aliphatic hydroxyl groups is 2. The molecule has 1 atom stereocenters. The lowest BCUT2D eigenvalue weighted by molar-refractivity contribution is 0.0906.